The maximum Gasteiger partial charge on any atom is 0.315 e. The van der Waals surface area contributed by atoms with Crippen molar-refractivity contribution in [3.8, 4) is 0 Å². The lowest BCUT2D eigenvalue weighted by Crippen LogP contribution is -2.51. The average Bonchev–Trinajstić information content (AvgIpc) is 2.83. The van der Waals surface area contributed by atoms with Gasteiger partial charge in [-0.05, 0) is 17.7 Å². The number of nitro groups is 1. The van der Waals surface area contributed by atoms with Gasteiger partial charge in [-0.1, -0.05) is 30.3 Å². The Hall–Kier alpha value is -3.51. The van der Waals surface area contributed by atoms with Crippen molar-refractivity contribution in [2.75, 3.05) is 32.7 Å². The van der Waals surface area contributed by atoms with Gasteiger partial charge in [-0.3, -0.25) is 14.9 Å². The number of carbonyl (C=O) groups excluding carboxylic acids is 2. The van der Waals surface area contributed by atoms with Crippen molar-refractivity contribution in [1.82, 2.24) is 19.8 Å². The van der Waals surface area contributed by atoms with E-state index < -0.39 is 14.9 Å². The van der Waals surface area contributed by atoms with Gasteiger partial charge in [0.1, 0.15) is 0 Å². The zero-order valence-corrected chi connectivity index (χ0v) is 18.7. The zero-order valence-electron chi connectivity index (χ0n) is 17.8. The molecule has 1 heterocycles. The number of urea groups is 1. The SMILES string of the molecule is O=C(NCCC(=O)N1CCN(S(=O)(=O)c2ccc([N+](=O)[O-])cc2)CC1)NCc1ccccc1. The molecule has 2 aromatic rings. The third-order valence-electron chi connectivity index (χ3n) is 5.20. The fourth-order valence-corrected chi connectivity index (χ4v) is 4.77. The average molecular weight is 476 g/mol. The van der Waals surface area contributed by atoms with Crippen molar-refractivity contribution in [2.24, 2.45) is 0 Å². The zero-order chi connectivity index (χ0) is 23.8. The molecule has 3 rings (SSSR count). The lowest BCUT2D eigenvalue weighted by molar-refractivity contribution is -0.384. The van der Waals surface area contributed by atoms with E-state index in [1.807, 2.05) is 30.3 Å². The molecule has 0 saturated carbocycles. The van der Waals surface area contributed by atoms with Gasteiger partial charge in [0.15, 0.2) is 0 Å². The van der Waals surface area contributed by atoms with Crippen molar-refractivity contribution in [3.05, 3.63) is 70.3 Å². The van der Waals surface area contributed by atoms with Crippen molar-refractivity contribution >= 4 is 27.6 Å². The predicted molar refractivity (Wildman–Crippen MR) is 120 cm³/mol. The summed E-state index contributed by atoms with van der Waals surface area (Å²) in [5.41, 5.74) is 0.775. The van der Waals surface area contributed by atoms with Crippen LogP contribution in [0.15, 0.2) is 59.5 Å². The number of nitrogens with zero attached hydrogens (tertiary/aromatic N) is 3. The largest absolute Gasteiger partial charge is 0.340 e. The second-order valence-electron chi connectivity index (χ2n) is 7.38. The number of nitrogens with one attached hydrogen (secondary N) is 2. The fourth-order valence-electron chi connectivity index (χ4n) is 3.35. The Bertz CT molecular complexity index is 1080. The van der Waals surface area contributed by atoms with Gasteiger partial charge in [-0.2, -0.15) is 4.31 Å². The van der Waals surface area contributed by atoms with E-state index in [1.54, 1.807) is 4.90 Å². The maximum atomic E-state index is 12.8. The number of rotatable bonds is 8. The Morgan fingerprint density at radius 3 is 2.18 bits per heavy atom. The third-order valence-corrected chi connectivity index (χ3v) is 7.11. The van der Waals surface area contributed by atoms with Gasteiger partial charge in [0, 0.05) is 57.8 Å². The van der Waals surface area contributed by atoms with Gasteiger partial charge < -0.3 is 15.5 Å². The molecule has 0 atom stereocenters. The van der Waals surface area contributed by atoms with Crippen LogP contribution in [-0.2, 0) is 21.4 Å². The Labute approximate surface area is 191 Å². The molecular weight excluding hydrogens is 450 g/mol. The summed E-state index contributed by atoms with van der Waals surface area (Å²) < 4.78 is 26.8. The predicted octanol–water partition coefficient (Wildman–Crippen LogP) is 1.32. The molecule has 33 heavy (non-hydrogen) atoms. The van der Waals surface area contributed by atoms with E-state index in [2.05, 4.69) is 10.6 Å². The number of benzene rings is 2. The number of sulfonamides is 1. The van der Waals surface area contributed by atoms with E-state index in [1.165, 1.54) is 16.4 Å². The van der Waals surface area contributed by atoms with E-state index in [4.69, 9.17) is 0 Å². The van der Waals surface area contributed by atoms with Gasteiger partial charge in [0.2, 0.25) is 15.9 Å². The minimum absolute atomic E-state index is 0.0291. The maximum absolute atomic E-state index is 12.8. The van der Waals surface area contributed by atoms with Crippen LogP contribution in [0.2, 0.25) is 0 Å². The van der Waals surface area contributed by atoms with Crippen LogP contribution in [0.25, 0.3) is 0 Å². The number of hydrogen-bond acceptors (Lipinski definition) is 6. The van der Waals surface area contributed by atoms with Crippen molar-refractivity contribution in [1.29, 1.82) is 0 Å². The second-order valence-corrected chi connectivity index (χ2v) is 9.32. The molecule has 3 amide bonds. The smallest absolute Gasteiger partial charge is 0.315 e. The highest BCUT2D eigenvalue weighted by Crippen LogP contribution is 2.21. The monoisotopic (exact) mass is 475 g/mol. The Kier molecular flexibility index (Phi) is 7.96. The van der Waals surface area contributed by atoms with Gasteiger partial charge >= 0.3 is 6.03 Å². The first-order chi connectivity index (χ1) is 15.8. The van der Waals surface area contributed by atoms with E-state index >= 15 is 0 Å². The number of non-ortho nitro benzene ring substituents is 1. The van der Waals surface area contributed by atoms with E-state index in [-0.39, 0.29) is 61.7 Å². The van der Waals surface area contributed by atoms with Crippen LogP contribution in [0.4, 0.5) is 10.5 Å². The molecule has 1 aliphatic rings. The van der Waals surface area contributed by atoms with Crippen LogP contribution in [0, 0.1) is 10.1 Å². The van der Waals surface area contributed by atoms with E-state index in [0.29, 0.717) is 6.54 Å². The number of carbonyl (C=O) groups is 2. The number of nitro benzene ring substituents is 1. The van der Waals surface area contributed by atoms with E-state index in [0.717, 1.165) is 17.7 Å². The summed E-state index contributed by atoms with van der Waals surface area (Å²) in [7, 11) is -3.80. The van der Waals surface area contributed by atoms with E-state index in [9.17, 15) is 28.1 Å². The van der Waals surface area contributed by atoms with Gasteiger partial charge in [0.25, 0.3) is 5.69 Å². The van der Waals surface area contributed by atoms with Crippen LogP contribution in [0.5, 0.6) is 0 Å². The molecule has 0 unspecified atom stereocenters. The molecule has 1 fully saturated rings. The van der Waals surface area contributed by atoms with Crippen LogP contribution in [0.3, 0.4) is 0 Å². The summed E-state index contributed by atoms with van der Waals surface area (Å²) in [6, 6.07) is 13.8. The molecule has 0 radical (unpaired) electrons. The highest BCUT2D eigenvalue weighted by Gasteiger charge is 2.30. The standard InChI is InChI=1S/C21H25N5O6S/c27-20(10-11-22-21(28)23-16-17-4-2-1-3-5-17)24-12-14-25(15-13-24)33(31,32)19-8-6-18(7-9-19)26(29)30/h1-9H,10-16H2,(H2,22,23,28). The molecule has 2 N–H and O–H groups in total. The second kappa shape index (κ2) is 10.9. The number of hydrogen-bond donors (Lipinski definition) is 2. The first-order valence-corrected chi connectivity index (χ1v) is 11.8. The molecule has 0 bridgehead atoms. The lowest BCUT2D eigenvalue weighted by Gasteiger charge is -2.34. The summed E-state index contributed by atoms with van der Waals surface area (Å²) in [6.07, 6.45) is 0.105. The van der Waals surface area contributed by atoms with Crippen LogP contribution < -0.4 is 10.6 Å². The molecular formula is C21H25N5O6S. The van der Waals surface area contributed by atoms with Crippen LogP contribution >= 0.6 is 0 Å². The molecule has 12 heteroatoms. The van der Waals surface area contributed by atoms with Gasteiger partial charge in [-0.25, -0.2) is 13.2 Å². The first kappa shape index (κ1) is 24.1. The molecule has 0 aliphatic carbocycles. The quantitative estimate of drug-likeness (QED) is 0.436. The summed E-state index contributed by atoms with van der Waals surface area (Å²) in [4.78, 5) is 36.0. The minimum Gasteiger partial charge on any atom is -0.340 e. The fraction of sp³-hybridized carbons (Fsp3) is 0.333. The van der Waals surface area contributed by atoms with Crippen LogP contribution in [0.1, 0.15) is 12.0 Å². The number of piperazine rings is 1. The van der Waals surface area contributed by atoms with Crippen molar-refractivity contribution in [3.63, 3.8) is 0 Å². The van der Waals surface area contributed by atoms with Crippen molar-refractivity contribution in [2.45, 2.75) is 17.9 Å². The summed E-state index contributed by atoms with van der Waals surface area (Å²) in [5.74, 6) is -0.175. The third kappa shape index (κ3) is 6.49. The first-order valence-electron chi connectivity index (χ1n) is 10.4. The Balaban J connectivity index is 1.41. The molecule has 11 nitrogen and oxygen atoms in total. The molecule has 2 aromatic carbocycles. The molecule has 0 aromatic heterocycles. The summed E-state index contributed by atoms with van der Waals surface area (Å²) >= 11 is 0. The van der Waals surface area contributed by atoms with Crippen LogP contribution in [-0.4, -0.2) is 67.2 Å². The van der Waals surface area contributed by atoms with Gasteiger partial charge in [-0.15, -0.1) is 0 Å². The summed E-state index contributed by atoms with van der Waals surface area (Å²) in [6.45, 7) is 1.25. The topological polar surface area (TPSA) is 142 Å². The number of amides is 3. The molecule has 0 spiro atoms. The Morgan fingerprint density at radius 2 is 1.58 bits per heavy atom. The highest BCUT2D eigenvalue weighted by molar-refractivity contribution is 7.89. The molecule has 1 aliphatic heterocycles. The Morgan fingerprint density at radius 1 is 0.939 bits per heavy atom. The highest BCUT2D eigenvalue weighted by atomic mass is 32.2. The normalized spacial score (nSPS) is 14.5. The summed E-state index contributed by atoms with van der Waals surface area (Å²) in [5, 5.41) is 16.1. The van der Waals surface area contributed by atoms with Gasteiger partial charge in [0.05, 0.1) is 9.82 Å². The molecule has 176 valence electrons. The lowest BCUT2D eigenvalue weighted by atomic mass is 10.2. The minimum atomic E-state index is -3.80. The molecule has 1 saturated heterocycles. The van der Waals surface area contributed by atoms with Crippen molar-refractivity contribution < 1.29 is 22.9 Å².